The molecule has 6 heteroatoms. The third-order valence-electron chi connectivity index (χ3n) is 4.31. The number of amides is 1. The molecule has 1 fully saturated rings. The minimum atomic E-state index is -0.854. The van der Waals surface area contributed by atoms with Gasteiger partial charge >= 0.3 is 5.97 Å². The van der Waals surface area contributed by atoms with Gasteiger partial charge < -0.3 is 10.1 Å². The van der Waals surface area contributed by atoms with Crippen molar-refractivity contribution in [1.29, 1.82) is 5.26 Å². The molecule has 1 aromatic rings. The van der Waals surface area contributed by atoms with Crippen LogP contribution in [0, 0.1) is 17.2 Å². The molecule has 0 aliphatic heterocycles. The first-order chi connectivity index (χ1) is 10.5. The van der Waals surface area contributed by atoms with E-state index in [0.29, 0.717) is 4.88 Å². The van der Waals surface area contributed by atoms with Crippen molar-refractivity contribution in [1.82, 2.24) is 5.32 Å². The van der Waals surface area contributed by atoms with Crippen LogP contribution >= 0.6 is 11.3 Å². The Morgan fingerprint density at radius 1 is 1.50 bits per heavy atom. The highest BCUT2D eigenvalue weighted by molar-refractivity contribution is 7.14. The molecule has 1 aromatic heterocycles. The third-order valence-corrected chi connectivity index (χ3v) is 5.52. The quantitative estimate of drug-likeness (QED) is 0.844. The fourth-order valence-electron chi connectivity index (χ4n) is 2.84. The number of esters is 1. The maximum Gasteiger partial charge on any atom is 0.348 e. The van der Waals surface area contributed by atoms with Gasteiger partial charge in [0, 0.05) is 4.88 Å². The lowest BCUT2D eigenvalue weighted by molar-refractivity contribution is -0.125. The van der Waals surface area contributed by atoms with Crippen LogP contribution in [0.5, 0.6) is 0 Å². The summed E-state index contributed by atoms with van der Waals surface area (Å²) in [4.78, 5) is 25.7. The largest absolute Gasteiger partial charge is 0.451 e. The summed E-state index contributed by atoms with van der Waals surface area (Å²) in [6.07, 6.45) is 5.08. The Kier molecular flexibility index (Phi) is 3.92. The average molecular weight is 318 g/mol. The summed E-state index contributed by atoms with van der Waals surface area (Å²) in [7, 11) is 0. The first-order valence-electron chi connectivity index (χ1n) is 7.53. The van der Waals surface area contributed by atoms with E-state index in [2.05, 4.69) is 11.4 Å². The highest BCUT2D eigenvalue weighted by atomic mass is 32.1. The summed E-state index contributed by atoms with van der Waals surface area (Å²) in [5, 5.41) is 11.9. The summed E-state index contributed by atoms with van der Waals surface area (Å²) in [6, 6.07) is 4.02. The number of carbonyl (C=O) groups excluding carboxylic acids is 2. The van der Waals surface area contributed by atoms with E-state index in [1.807, 2.05) is 6.07 Å². The van der Waals surface area contributed by atoms with Crippen LogP contribution in [0.25, 0.3) is 0 Å². The van der Waals surface area contributed by atoms with Gasteiger partial charge in [0.2, 0.25) is 0 Å². The zero-order valence-corrected chi connectivity index (χ0v) is 13.3. The molecular weight excluding hydrogens is 300 g/mol. The lowest BCUT2D eigenvalue weighted by Gasteiger charge is -2.22. The SMILES string of the molecule is C[C@](C#N)(NC(=O)COC(=O)c1cc2c(s1)CCC2)C1CC1. The van der Waals surface area contributed by atoms with Gasteiger partial charge in [0.1, 0.15) is 10.4 Å². The summed E-state index contributed by atoms with van der Waals surface area (Å²) in [5.74, 6) is -0.676. The minimum absolute atomic E-state index is 0.206. The molecule has 1 atom stereocenters. The van der Waals surface area contributed by atoms with Crippen molar-refractivity contribution in [2.75, 3.05) is 6.61 Å². The maximum absolute atomic E-state index is 12.0. The van der Waals surface area contributed by atoms with Gasteiger partial charge in [0.05, 0.1) is 6.07 Å². The highest BCUT2D eigenvalue weighted by Crippen LogP contribution is 2.39. The van der Waals surface area contributed by atoms with Crippen LogP contribution < -0.4 is 5.32 Å². The van der Waals surface area contributed by atoms with E-state index in [0.717, 1.165) is 32.1 Å². The van der Waals surface area contributed by atoms with E-state index in [1.54, 1.807) is 6.92 Å². The Morgan fingerprint density at radius 3 is 2.91 bits per heavy atom. The summed E-state index contributed by atoms with van der Waals surface area (Å²) in [5.41, 5.74) is 0.375. The number of nitrogens with one attached hydrogen (secondary N) is 1. The normalized spacial score (nSPS) is 18.9. The average Bonchev–Trinajstić information content (AvgIpc) is 3.14. The van der Waals surface area contributed by atoms with Gasteiger partial charge in [-0.1, -0.05) is 0 Å². The zero-order valence-electron chi connectivity index (χ0n) is 12.5. The zero-order chi connectivity index (χ0) is 15.7. The smallest absolute Gasteiger partial charge is 0.348 e. The molecule has 1 saturated carbocycles. The van der Waals surface area contributed by atoms with Crippen molar-refractivity contribution < 1.29 is 14.3 Å². The van der Waals surface area contributed by atoms with Crippen molar-refractivity contribution >= 4 is 23.2 Å². The van der Waals surface area contributed by atoms with Crippen LogP contribution in [0.2, 0.25) is 0 Å². The number of thiophene rings is 1. The molecule has 5 nitrogen and oxygen atoms in total. The molecule has 1 heterocycles. The molecule has 0 saturated heterocycles. The molecule has 3 rings (SSSR count). The lowest BCUT2D eigenvalue weighted by Crippen LogP contribution is -2.48. The molecule has 2 aliphatic carbocycles. The molecule has 0 aromatic carbocycles. The Hall–Kier alpha value is -1.87. The fraction of sp³-hybridized carbons (Fsp3) is 0.562. The molecule has 0 spiro atoms. The Bertz CT molecular complexity index is 635. The number of fused-ring (bicyclic) bond motifs is 1. The second kappa shape index (κ2) is 5.73. The molecule has 1 amide bonds. The number of hydrogen-bond donors (Lipinski definition) is 1. The van der Waals surface area contributed by atoms with Crippen LogP contribution in [-0.2, 0) is 22.4 Å². The van der Waals surface area contributed by atoms with E-state index in [9.17, 15) is 14.9 Å². The summed E-state index contributed by atoms with van der Waals surface area (Å²) >= 11 is 1.46. The number of rotatable bonds is 5. The van der Waals surface area contributed by atoms with Crippen LogP contribution in [-0.4, -0.2) is 24.0 Å². The lowest BCUT2D eigenvalue weighted by atomic mass is 9.98. The van der Waals surface area contributed by atoms with Crippen molar-refractivity contribution in [3.05, 3.63) is 21.4 Å². The summed E-state index contributed by atoms with van der Waals surface area (Å²) < 4.78 is 5.07. The van der Waals surface area contributed by atoms with E-state index < -0.39 is 17.4 Å². The number of nitrogens with zero attached hydrogens (tertiary/aromatic N) is 1. The van der Waals surface area contributed by atoms with Crippen molar-refractivity contribution in [2.45, 2.75) is 44.6 Å². The number of hydrogen-bond acceptors (Lipinski definition) is 5. The van der Waals surface area contributed by atoms with E-state index in [1.165, 1.54) is 21.8 Å². The van der Waals surface area contributed by atoms with Gasteiger partial charge in [-0.05, 0) is 56.6 Å². The van der Waals surface area contributed by atoms with Crippen LogP contribution in [0.4, 0.5) is 0 Å². The van der Waals surface area contributed by atoms with Crippen molar-refractivity contribution in [2.24, 2.45) is 5.92 Å². The van der Waals surface area contributed by atoms with Gasteiger partial charge in [-0.15, -0.1) is 11.3 Å². The summed E-state index contributed by atoms with van der Waals surface area (Å²) in [6.45, 7) is 1.37. The second-order valence-electron chi connectivity index (χ2n) is 6.13. The van der Waals surface area contributed by atoms with Gasteiger partial charge in [-0.25, -0.2) is 4.79 Å². The van der Waals surface area contributed by atoms with Gasteiger partial charge in [-0.3, -0.25) is 4.79 Å². The predicted molar refractivity (Wildman–Crippen MR) is 81.5 cm³/mol. The van der Waals surface area contributed by atoms with E-state index in [4.69, 9.17) is 4.74 Å². The topological polar surface area (TPSA) is 79.2 Å². The predicted octanol–water partition coefficient (Wildman–Crippen LogP) is 2.20. The fourth-order valence-corrected chi connectivity index (χ4v) is 3.99. The second-order valence-corrected chi connectivity index (χ2v) is 7.26. The molecule has 22 heavy (non-hydrogen) atoms. The number of aryl methyl sites for hydroxylation is 2. The van der Waals surface area contributed by atoms with E-state index >= 15 is 0 Å². The molecule has 0 unspecified atom stereocenters. The monoisotopic (exact) mass is 318 g/mol. The van der Waals surface area contributed by atoms with Gasteiger partial charge in [0.15, 0.2) is 6.61 Å². The van der Waals surface area contributed by atoms with Crippen LogP contribution in [0.3, 0.4) is 0 Å². The first-order valence-corrected chi connectivity index (χ1v) is 8.34. The number of ether oxygens (including phenoxy) is 1. The van der Waals surface area contributed by atoms with Crippen LogP contribution in [0.1, 0.15) is 46.3 Å². The molecular formula is C16H18N2O3S. The minimum Gasteiger partial charge on any atom is -0.451 e. The highest BCUT2D eigenvalue weighted by Gasteiger charge is 2.43. The Morgan fingerprint density at radius 2 is 2.27 bits per heavy atom. The first kappa shape index (κ1) is 15.0. The molecule has 116 valence electrons. The van der Waals surface area contributed by atoms with Gasteiger partial charge in [0.25, 0.3) is 5.91 Å². The van der Waals surface area contributed by atoms with Crippen LogP contribution in [0.15, 0.2) is 6.07 Å². The third kappa shape index (κ3) is 3.00. The van der Waals surface area contributed by atoms with Crippen molar-refractivity contribution in [3.63, 3.8) is 0 Å². The van der Waals surface area contributed by atoms with Crippen molar-refractivity contribution in [3.8, 4) is 6.07 Å². The molecule has 0 radical (unpaired) electrons. The van der Waals surface area contributed by atoms with Gasteiger partial charge in [-0.2, -0.15) is 5.26 Å². The van der Waals surface area contributed by atoms with E-state index in [-0.39, 0.29) is 12.5 Å². The molecule has 0 bridgehead atoms. The number of nitriles is 1. The Labute approximate surface area is 133 Å². The molecule has 2 aliphatic rings. The standard InChI is InChI=1S/C16H18N2O3S/c1-16(9-17,11-5-6-11)18-14(19)8-21-15(20)13-7-10-3-2-4-12(10)22-13/h7,11H,2-6,8H2,1H3,(H,18,19)/t16-/m1/s1. The molecule has 1 N–H and O–H groups in total. The number of carbonyl (C=O) groups is 2. The maximum atomic E-state index is 12.0. The Balaban J connectivity index is 1.52.